The van der Waals surface area contributed by atoms with Gasteiger partial charge in [0.25, 0.3) is 5.91 Å². The van der Waals surface area contributed by atoms with Gasteiger partial charge in [0, 0.05) is 6.20 Å². The van der Waals surface area contributed by atoms with Gasteiger partial charge in [-0.05, 0) is 24.3 Å². The van der Waals surface area contributed by atoms with Crippen molar-refractivity contribution in [3.05, 3.63) is 58.9 Å². The molecular formula is C16H13N3O3S. The third kappa shape index (κ3) is 3.35. The van der Waals surface area contributed by atoms with Crippen molar-refractivity contribution < 1.29 is 14.3 Å². The molecule has 0 bridgehead atoms. The van der Waals surface area contributed by atoms with Crippen molar-refractivity contribution >= 4 is 33.4 Å². The van der Waals surface area contributed by atoms with E-state index in [1.54, 1.807) is 0 Å². The number of carbonyl (C=O) groups is 2. The first-order valence-electron chi connectivity index (χ1n) is 6.84. The Morgan fingerprint density at radius 3 is 2.74 bits per heavy atom. The molecule has 1 N–H and O–H groups in total. The summed E-state index contributed by atoms with van der Waals surface area (Å²) in [7, 11) is 1.29. The summed E-state index contributed by atoms with van der Waals surface area (Å²) in [6.45, 7) is 0.332. The second-order valence-electron chi connectivity index (χ2n) is 4.68. The summed E-state index contributed by atoms with van der Waals surface area (Å²) in [6, 6.07) is 10.8. The fourth-order valence-corrected chi connectivity index (χ4v) is 2.92. The van der Waals surface area contributed by atoms with Gasteiger partial charge in [-0.15, -0.1) is 11.3 Å². The van der Waals surface area contributed by atoms with Crippen molar-refractivity contribution in [2.45, 2.75) is 6.54 Å². The Morgan fingerprint density at radius 1 is 1.22 bits per heavy atom. The number of nitrogens with zero attached hydrogens (tertiary/aromatic N) is 2. The normalized spacial score (nSPS) is 10.5. The van der Waals surface area contributed by atoms with Crippen LogP contribution in [0, 0.1) is 0 Å². The number of esters is 1. The van der Waals surface area contributed by atoms with Gasteiger partial charge in [0.05, 0.1) is 29.4 Å². The first-order chi connectivity index (χ1) is 11.2. The van der Waals surface area contributed by atoms with Crippen LogP contribution in [0.3, 0.4) is 0 Å². The quantitative estimate of drug-likeness (QED) is 0.744. The SMILES string of the molecule is COC(=O)c1ccc(C(=O)NCc2nc3ccccc3s2)nc1. The number of nitrogens with one attached hydrogen (secondary N) is 1. The van der Waals surface area contributed by atoms with E-state index in [2.05, 4.69) is 20.0 Å². The van der Waals surface area contributed by atoms with Crippen molar-refractivity contribution in [2.75, 3.05) is 7.11 Å². The molecule has 0 aliphatic rings. The van der Waals surface area contributed by atoms with Gasteiger partial charge in [-0.3, -0.25) is 9.78 Å². The molecule has 116 valence electrons. The van der Waals surface area contributed by atoms with E-state index in [9.17, 15) is 9.59 Å². The van der Waals surface area contributed by atoms with Crippen molar-refractivity contribution in [2.24, 2.45) is 0 Å². The highest BCUT2D eigenvalue weighted by molar-refractivity contribution is 7.18. The summed E-state index contributed by atoms with van der Waals surface area (Å²) in [5.74, 6) is -0.806. The van der Waals surface area contributed by atoms with Gasteiger partial charge >= 0.3 is 5.97 Å². The minimum absolute atomic E-state index is 0.235. The standard InChI is InChI=1S/C16H13N3O3S/c1-22-16(21)10-6-7-12(17-8-10)15(20)18-9-14-19-11-4-2-3-5-13(11)23-14/h2-8H,9H2,1H3,(H,18,20). The Morgan fingerprint density at radius 2 is 2.04 bits per heavy atom. The van der Waals surface area contributed by atoms with Crippen molar-refractivity contribution in [3.8, 4) is 0 Å². The summed E-state index contributed by atoms with van der Waals surface area (Å²) in [5.41, 5.74) is 1.45. The second-order valence-corrected chi connectivity index (χ2v) is 5.80. The number of ether oxygens (including phenoxy) is 1. The number of benzene rings is 1. The molecule has 0 aliphatic carbocycles. The third-order valence-electron chi connectivity index (χ3n) is 3.16. The van der Waals surface area contributed by atoms with Crippen LogP contribution in [0.1, 0.15) is 25.9 Å². The maximum absolute atomic E-state index is 12.1. The number of hydrogen-bond acceptors (Lipinski definition) is 6. The van der Waals surface area contributed by atoms with Gasteiger partial charge in [0.1, 0.15) is 10.7 Å². The highest BCUT2D eigenvalue weighted by atomic mass is 32.1. The van der Waals surface area contributed by atoms with Crippen molar-refractivity contribution in [3.63, 3.8) is 0 Å². The van der Waals surface area contributed by atoms with E-state index in [0.717, 1.165) is 15.2 Å². The smallest absolute Gasteiger partial charge is 0.339 e. The Bertz CT molecular complexity index is 825. The summed E-state index contributed by atoms with van der Waals surface area (Å²) in [6.07, 6.45) is 1.32. The lowest BCUT2D eigenvalue weighted by molar-refractivity contribution is 0.0599. The van der Waals surface area contributed by atoms with Crippen LogP contribution in [0.5, 0.6) is 0 Å². The fourth-order valence-electron chi connectivity index (χ4n) is 2.01. The molecule has 0 unspecified atom stereocenters. The average molecular weight is 327 g/mol. The Hall–Kier alpha value is -2.80. The number of rotatable bonds is 4. The van der Waals surface area contributed by atoms with E-state index >= 15 is 0 Å². The molecule has 1 amide bonds. The van der Waals surface area contributed by atoms with Crippen LogP contribution in [0.15, 0.2) is 42.6 Å². The molecule has 3 rings (SSSR count). The van der Waals surface area contributed by atoms with Crippen LogP contribution in [-0.2, 0) is 11.3 Å². The van der Waals surface area contributed by atoms with Gasteiger partial charge in [0.15, 0.2) is 0 Å². The molecule has 7 heteroatoms. The Balaban J connectivity index is 1.65. The number of amides is 1. The molecule has 3 aromatic rings. The Kier molecular flexibility index (Phi) is 4.29. The summed E-state index contributed by atoms with van der Waals surface area (Å²) in [4.78, 5) is 31.8. The lowest BCUT2D eigenvalue weighted by atomic mass is 10.2. The van der Waals surface area contributed by atoms with E-state index in [4.69, 9.17) is 0 Å². The predicted octanol–water partition coefficient (Wildman–Crippen LogP) is 2.41. The van der Waals surface area contributed by atoms with Crippen LogP contribution in [0.2, 0.25) is 0 Å². The van der Waals surface area contributed by atoms with Crippen LogP contribution in [0.25, 0.3) is 10.2 Å². The molecule has 0 saturated carbocycles. The summed E-state index contributed by atoms with van der Waals surface area (Å²) in [5, 5.41) is 3.59. The third-order valence-corrected chi connectivity index (χ3v) is 4.19. The molecule has 0 aliphatic heterocycles. The highest BCUT2D eigenvalue weighted by Gasteiger charge is 2.11. The average Bonchev–Trinajstić information content (AvgIpc) is 3.02. The number of aromatic nitrogens is 2. The maximum Gasteiger partial charge on any atom is 0.339 e. The first-order valence-corrected chi connectivity index (χ1v) is 7.66. The molecule has 23 heavy (non-hydrogen) atoms. The van der Waals surface area contributed by atoms with Crippen LogP contribution >= 0.6 is 11.3 Å². The van der Waals surface area contributed by atoms with Crippen LogP contribution < -0.4 is 5.32 Å². The molecule has 6 nitrogen and oxygen atoms in total. The first kappa shape index (κ1) is 15.1. The van der Waals surface area contributed by atoms with Crippen molar-refractivity contribution in [1.29, 1.82) is 0 Å². The second kappa shape index (κ2) is 6.53. The number of pyridine rings is 1. The number of carbonyl (C=O) groups excluding carboxylic acids is 2. The molecule has 0 spiro atoms. The molecule has 0 saturated heterocycles. The number of hydrogen-bond donors (Lipinski definition) is 1. The number of fused-ring (bicyclic) bond motifs is 1. The number of thiazole rings is 1. The predicted molar refractivity (Wildman–Crippen MR) is 86.4 cm³/mol. The minimum Gasteiger partial charge on any atom is -0.465 e. The molecule has 2 aromatic heterocycles. The van der Waals surface area contributed by atoms with Crippen molar-refractivity contribution in [1.82, 2.24) is 15.3 Å². The van der Waals surface area contributed by atoms with E-state index < -0.39 is 5.97 Å². The summed E-state index contributed by atoms with van der Waals surface area (Å²) >= 11 is 1.54. The lowest BCUT2D eigenvalue weighted by Gasteiger charge is -2.03. The number of para-hydroxylation sites is 1. The van der Waals surface area contributed by atoms with Gasteiger partial charge < -0.3 is 10.1 Å². The minimum atomic E-state index is -0.487. The maximum atomic E-state index is 12.1. The van der Waals surface area contributed by atoms with E-state index in [0.29, 0.717) is 12.1 Å². The highest BCUT2D eigenvalue weighted by Crippen LogP contribution is 2.21. The zero-order valence-corrected chi connectivity index (χ0v) is 13.1. The Labute approximate surface area is 136 Å². The zero-order chi connectivity index (χ0) is 16.2. The van der Waals surface area contributed by atoms with E-state index in [1.807, 2.05) is 24.3 Å². The molecule has 2 heterocycles. The van der Waals surface area contributed by atoms with Gasteiger partial charge in [-0.2, -0.15) is 0 Å². The molecule has 0 fully saturated rings. The van der Waals surface area contributed by atoms with E-state index in [-0.39, 0.29) is 11.6 Å². The largest absolute Gasteiger partial charge is 0.465 e. The molecular weight excluding hydrogens is 314 g/mol. The van der Waals surface area contributed by atoms with E-state index in [1.165, 1.54) is 36.8 Å². The molecule has 1 aromatic carbocycles. The number of methoxy groups -OCH3 is 1. The molecule has 0 atom stereocenters. The van der Waals surface area contributed by atoms with Crippen LogP contribution in [-0.4, -0.2) is 29.0 Å². The van der Waals surface area contributed by atoms with Gasteiger partial charge in [-0.1, -0.05) is 12.1 Å². The monoisotopic (exact) mass is 327 g/mol. The summed E-state index contributed by atoms with van der Waals surface area (Å²) < 4.78 is 5.67. The fraction of sp³-hybridized carbons (Fsp3) is 0.125. The lowest BCUT2D eigenvalue weighted by Crippen LogP contribution is -2.23. The molecule has 0 radical (unpaired) electrons. The van der Waals surface area contributed by atoms with Gasteiger partial charge in [0.2, 0.25) is 0 Å². The van der Waals surface area contributed by atoms with Gasteiger partial charge in [-0.25, -0.2) is 9.78 Å². The topological polar surface area (TPSA) is 81.2 Å². The van der Waals surface area contributed by atoms with Crippen LogP contribution in [0.4, 0.5) is 0 Å². The zero-order valence-electron chi connectivity index (χ0n) is 12.3.